The molecule has 0 spiro atoms. The Morgan fingerprint density at radius 3 is 2.59 bits per heavy atom. The van der Waals surface area contributed by atoms with Crippen LogP contribution in [0.4, 0.5) is 0 Å². The van der Waals surface area contributed by atoms with E-state index in [2.05, 4.69) is 5.32 Å². The lowest BCUT2D eigenvalue weighted by molar-refractivity contribution is 0.112. The van der Waals surface area contributed by atoms with Crippen LogP contribution >= 0.6 is 0 Å². The second-order valence-electron chi connectivity index (χ2n) is 3.72. The third kappa shape index (κ3) is 2.28. The first-order valence-electron chi connectivity index (χ1n) is 5.42. The van der Waals surface area contributed by atoms with E-state index in [1.165, 1.54) is 6.20 Å². The summed E-state index contributed by atoms with van der Waals surface area (Å²) in [4.78, 5) is 10.9. The van der Waals surface area contributed by atoms with Gasteiger partial charge >= 0.3 is 0 Å². The summed E-state index contributed by atoms with van der Waals surface area (Å²) in [6.07, 6.45) is 4.05. The predicted molar refractivity (Wildman–Crippen MR) is 69.5 cm³/mol. The summed E-state index contributed by atoms with van der Waals surface area (Å²) in [5.74, 6) is 0. The summed E-state index contributed by atoms with van der Waals surface area (Å²) in [5.41, 5.74) is 7.13. The highest BCUT2D eigenvalue weighted by atomic mass is 16.1. The number of fused-ring (bicyclic) bond motifs is 1. The normalized spacial score (nSPS) is 10.8. The van der Waals surface area contributed by atoms with E-state index < -0.39 is 0 Å². The second kappa shape index (κ2) is 5.16. The Labute approximate surface area is 99.9 Å². The van der Waals surface area contributed by atoms with Crippen molar-refractivity contribution in [2.75, 3.05) is 0 Å². The maximum absolute atomic E-state index is 10.9. The van der Waals surface area contributed by atoms with Gasteiger partial charge in [-0.3, -0.25) is 4.79 Å². The largest absolute Gasteiger partial charge is 0.403 e. The van der Waals surface area contributed by atoms with Gasteiger partial charge in [0.05, 0.1) is 0 Å². The molecule has 0 bridgehead atoms. The van der Waals surface area contributed by atoms with Crippen molar-refractivity contribution in [2.45, 2.75) is 6.54 Å². The number of nitrogens with one attached hydrogen (secondary N) is 1. The number of aldehydes is 1. The van der Waals surface area contributed by atoms with Crippen LogP contribution in [-0.2, 0) is 6.54 Å². The van der Waals surface area contributed by atoms with Gasteiger partial charge in [0.25, 0.3) is 0 Å². The average Bonchev–Trinajstić information content (AvgIpc) is 2.39. The minimum atomic E-state index is 0.688. The van der Waals surface area contributed by atoms with E-state index in [1.54, 1.807) is 6.20 Å². The van der Waals surface area contributed by atoms with Gasteiger partial charge in [0.1, 0.15) is 0 Å². The lowest BCUT2D eigenvalue weighted by Gasteiger charge is -2.08. The van der Waals surface area contributed by atoms with Crippen LogP contribution in [0.1, 0.15) is 15.9 Å². The van der Waals surface area contributed by atoms with Crippen molar-refractivity contribution in [1.82, 2.24) is 5.32 Å². The van der Waals surface area contributed by atoms with Crippen LogP contribution in [0.3, 0.4) is 0 Å². The average molecular weight is 226 g/mol. The van der Waals surface area contributed by atoms with Crippen LogP contribution in [0.15, 0.2) is 48.8 Å². The maximum Gasteiger partial charge on any atom is 0.150 e. The van der Waals surface area contributed by atoms with Gasteiger partial charge in [-0.1, -0.05) is 36.4 Å². The van der Waals surface area contributed by atoms with Crippen molar-refractivity contribution in [1.29, 1.82) is 0 Å². The van der Waals surface area contributed by atoms with Gasteiger partial charge in [0.15, 0.2) is 6.29 Å². The molecule has 0 atom stereocenters. The van der Waals surface area contributed by atoms with E-state index in [0.717, 1.165) is 28.2 Å². The van der Waals surface area contributed by atoms with Gasteiger partial charge in [-0.25, -0.2) is 0 Å². The standard InChI is InChI=1S/C14H14N2O/c15-7-8-16-9-11-5-6-12(10-17)14-4-2-1-3-13(11)14/h1-8,10,16H,9,15H2/b8-7-. The van der Waals surface area contributed by atoms with Gasteiger partial charge in [0.2, 0.25) is 0 Å². The Morgan fingerprint density at radius 2 is 1.88 bits per heavy atom. The minimum Gasteiger partial charge on any atom is -0.403 e. The molecule has 0 saturated heterocycles. The molecule has 0 radical (unpaired) electrons. The van der Waals surface area contributed by atoms with Crippen LogP contribution in [0.25, 0.3) is 10.8 Å². The molecule has 0 aliphatic heterocycles. The van der Waals surface area contributed by atoms with Crippen molar-refractivity contribution >= 4 is 17.1 Å². The molecule has 86 valence electrons. The van der Waals surface area contributed by atoms with Crippen LogP contribution in [0.5, 0.6) is 0 Å². The van der Waals surface area contributed by atoms with E-state index in [4.69, 9.17) is 5.73 Å². The number of carbonyl (C=O) groups is 1. The van der Waals surface area contributed by atoms with E-state index in [0.29, 0.717) is 6.54 Å². The fraction of sp³-hybridized carbons (Fsp3) is 0.0714. The SMILES string of the molecule is N/C=C\NCc1ccc(C=O)c2ccccc12. The Hall–Kier alpha value is -2.29. The van der Waals surface area contributed by atoms with Gasteiger partial charge < -0.3 is 11.1 Å². The molecule has 2 aromatic carbocycles. The summed E-state index contributed by atoms with van der Waals surface area (Å²) in [6, 6.07) is 11.7. The van der Waals surface area contributed by atoms with Crippen LogP contribution in [0, 0.1) is 0 Å². The van der Waals surface area contributed by atoms with Crippen LogP contribution < -0.4 is 11.1 Å². The third-order valence-electron chi connectivity index (χ3n) is 2.68. The van der Waals surface area contributed by atoms with Crippen LogP contribution in [-0.4, -0.2) is 6.29 Å². The molecule has 3 nitrogen and oxygen atoms in total. The predicted octanol–water partition coefficient (Wildman–Crippen LogP) is 2.17. The third-order valence-corrected chi connectivity index (χ3v) is 2.68. The van der Waals surface area contributed by atoms with Crippen LogP contribution in [0.2, 0.25) is 0 Å². The van der Waals surface area contributed by atoms with Crippen molar-refractivity contribution in [2.24, 2.45) is 5.73 Å². The molecule has 0 amide bonds. The van der Waals surface area contributed by atoms with Gasteiger partial charge in [-0.05, 0) is 16.3 Å². The molecule has 0 heterocycles. The first-order valence-corrected chi connectivity index (χ1v) is 5.42. The molecule has 0 fully saturated rings. The number of nitrogens with two attached hydrogens (primary N) is 1. The highest BCUT2D eigenvalue weighted by Crippen LogP contribution is 2.21. The molecule has 2 rings (SSSR count). The van der Waals surface area contributed by atoms with E-state index in [1.807, 2.05) is 36.4 Å². The van der Waals surface area contributed by atoms with E-state index in [-0.39, 0.29) is 0 Å². The van der Waals surface area contributed by atoms with Crippen molar-refractivity contribution in [3.63, 3.8) is 0 Å². The minimum absolute atomic E-state index is 0.688. The van der Waals surface area contributed by atoms with Crippen molar-refractivity contribution in [3.05, 3.63) is 59.9 Å². The molecule has 17 heavy (non-hydrogen) atoms. The fourth-order valence-electron chi connectivity index (χ4n) is 1.88. The summed E-state index contributed by atoms with van der Waals surface area (Å²) in [6.45, 7) is 0.688. The van der Waals surface area contributed by atoms with Gasteiger partial charge in [0, 0.05) is 24.5 Å². The Balaban J connectivity index is 2.47. The molecule has 0 aliphatic carbocycles. The van der Waals surface area contributed by atoms with E-state index >= 15 is 0 Å². The van der Waals surface area contributed by atoms with Gasteiger partial charge in [-0.2, -0.15) is 0 Å². The number of carbonyl (C=O) groups excluding carboxylic acids is 1. The number of hydrogen-bond acceptors (Lipinski definition) is 3. The molecule has 0 aromatic heterocycles. The van der Waals surface area contributed by atoms with E-state index in [9.17, 15) is 4.79 Å². The zero-order valence-electron chi connectivity index (χ0n) is 9.39. The fourth-order valence-corrected chi connectivity index (χ4v) is 1.88. The zero-order valence-corrected chi connectivity index (χ0v) is 9.39. The smallest absolute Gasteiger partial charge is 0.150 e. The number of hydrogen-bond donors (Lipinski definition) is 2. The number of benzene rings is 2. The molecular formula is C14H14N2O. The second-order valence-corrected chi connectivity index (χ2v) is 3.72. The Bertz CT molecular complexity index is 561. The summed E-state index contributed by atoms with van der Waals surface area (Å²) in [5, 5.41) is 5.16. The molecular weight excluding hydrogens is 212 g/mol. The Kier molecular flexibility index (Phi) is 3.40. The lowest BCUT2D eigenvalue weighted by atomic mass is 10.0. The summed E-state index contributed by atoms with van der Waals surface area (Å²) in [7, 11) is 0. The molecule has 3 heteroatoms. The molecule has 3 N–H and O–H groups in total. The molecule has 0 saturated carbocycles. The molecule has 0 aliphatic rings. The summed E-state index contributed by atoms with van der Waals surface area (Å²) >= 11 is 0. The first-order chi connectivity index (χ1) is 8.36. The molecule has 0 unspecified atom stereocenters. The quantitative estimate of drug-likeness (QED) is 0.785. The number of rotatable bonds is 4. The zero-order chi connectivity index (χ0) is 12.1. The van der Waals surface area contributed by atoms with Crippen molar-refractivity contribution < 1.29 is 4.79 Å². The highest BCUT2D eigenvalue weighted by Gasteiger charge is 2.03. The van der Waals surface area contributed by atoms with Crippen molar-refractivity contribution in [3.8, 4) is 0 Å². The summed E-state index contributed by atoms with van der Waals surface area (Å²) < 4.78 is 0. The molecule has 2 aromatic rings. The highest BCUT2D eigenvalue weighted by molar-refractivity contribution is 5.99. The lowest BCUT2D eigenvalue weighted by Crippen LogP contribution is -2.06. The monoisotopic (exact) mass is 226 g/mol. The maximum atomic E-state index is 10.9. The van der Waals surface area contributed by atoms with Gasteiger partial charge in [-0.15, -0.1) is 0 Å². The topological polar surface area (TPSA) is 55.1 Å². The first kappa shape index (κ1) is 11.2. The Morgan fingerprint density at radius 1 is 1.12 bits per heavy atom.